The van der Waals surface area contributed by atoms with E-state index in [-0.39, 0.29) is 23.8 Å². The summed E-state index contributed by atoms with van der Waals surface area (Å²) in [6, 6.07) is 18.5. The van der Waals surface area contributed by atoms with E-state index in [4.69, 9.17) is 14.9 Å². The molecule has 0 unspecified atom stereocenters. The van der Waals surface area contributed by atoms with Gasteiger partial charge in [0.05, 0.1) is 19.1 Å². The number of hydrogen-bond acceptors (Lipinski definition) is 6. The van der Waals surface area contributed by atoms with Crippen LogP contribution in [0.3, 0.4) is 0 Å². The lowest BCUT2D eigenvalue weighted by atomic mass is 9.99. The Kier molecular flexibility index (Phi) is 9.94. The Morgan fingerprint density at radius 2 is 1.43 bits per heavy atom. The first kappa shape index (κ1) is 28.4. The van der Waals surface area contributed by atoms with Gasteiger partial charge in [-0.1, -0.05) is 81.4 Å². The first-order chi connectivity index (χ1) is 16.4. The molecule has 35 heavy (non-hydrogen) atoms. The molecule has 1 amide bonds. The number of ether oxygens (including phenoxy) is 1. The zero-order valence-electron chi connectivity index (χ0n) is 21.5. The van der Waals surface area contributed by atoms with E-state index in [1.165, 1.54) is 14.0 Å². The van der Waals surface area contributed by atoms with Crippen molar-refractivity contribution in [2.45, 2.75) is 58.2 Å². The van der Waals surface area contributed by atoms with Crippen molar-refractivity contribution in [3.8, 4) is 0 Å². The highest BCUT2D eigenvalue weighted by atomic mass is 28.4. The van der Waals surface area contributed by atoms with E-state index in [9.17, 15) is 14.4 Å². The molecule has 2 rings (SSSR count). The van der Waals surface area contributed by atoms with Crippen LogP contribution in [-0.4, -0.2) is 51.8 Å². The zero-order valence-corrected chi connectivity index (χ0v) is 22.5. The number of ketones is 1. The molecule has 190 valence electrons. The average Bonchev–Trinajstić information content (AvgIpc) is 2.83. The van der Waals surface area contributed by atoms with Crippen molar-refractivity contribution in [3.05, 3.63) is 60.7 Å². The first-order valence-electron chi connectivity index (χ1n) is 11.9. The van der Waals surface area contributed by atoms with Crippen LogP contribution in [0.5, 0.6) is 0 Å². The lowest BCUT2D eigenvalue weighted by Gasteiger charge is -2.43. The Balaban J connectivity index is 2.50. The van der Waals surface area contributed by atoms with E-state index < -0.39 is 38.2 Å². The molecule has 0 radical (unpaired) electrons. The molecule has 7 nitrogen and oxygen atoms in total. The fourth-order valence-electron chi connectivity index (χ4n) is 4.21. The Labute approximate surface area is 209 Å². The number of Topliss-reactive ketones (excluding diaryl/α,β-unsaturated/α-hetero) is 1. The molecule has 0 aliphatic carbocycles. The Bertz CT molecular complexity index is 950. The van der Waals surface area contributed by atoms with Crippen molar-refractivity contribution >= 4 is 36.4 Å². The largest absolute Gasteiger partial charge is 0.467 e. The molecule has 3 atom stereocenters. The van der Waals surface area contributed by atoms with Crippen LogP contribution in [0.15, 0.2) is 60.7 Å². The van der Waals surface area contributed by atoms with Gasteiger partial charge in [-0.15, -0.1) is 0 Å². The quantitative estimate of drug-likeness (QED) is 0.363. The lowest BCUT2D eigenvalue weighted by molar-refractivity contribution is -0.145. The highest BCUT2D eigenvalue weighted by molar-refractivity contribution is 6.99. The summed E-state index contributed by atoms with van der Waals surface area (Å²) >= 11 is 0. The molecular weight excluding hydrogens is 460 g/mol. The number of carbonyl (C=O) groups excluding carboxylic acids is 3. The maximum absolute atomic E-state index is 13.2. The van der Waals surface area contributed by atoms with Crippen LogP contribution in [0.1, 0.15) is 41.0 Å². The van der Waals surface area contributed by atoms with E-state index >= 15 is 0 Å². The van der Waals surface area contributed by atoms with Gasteiger partial charge in [0.15, 0.2) is 0 Å². The molecule has 0 saturated carbocycles. The maximum atomic E-state index is 13.2. The number of hydrogen-bond donors (Lipinski definition) is 2. The molecule has 0 aromatic heterocycles. The van der Waals surface area contributed by atoms with Crippen molar-refractivity contribution in [2.75, 3.05) is 13.7 Å². The standard InChI is InChI=1S/C27H38N2O5Si/c1-19(28)24(30)17-21(25(31)29-20(2)26(32)33-6)18-34-35(27(3,4)5,22-13-9-7-10-14-22)23-15-11-8-12-16-23/h7-16,19-21H,17-18,28H2,1-6H3,(H,29,31)/t19-,20-,21-/m0/s1. The zero-order chi connectivity index (χ0) is 26.2. The van der Waals surface area contributed by atoms with Crippen molar-refractivity contribution in [1.29, 1.82) is 0 Å². The van der Waals surface area contributed by atoms with Gasteiger partial charge >= 0.3 is 5.97 Å². The fourth-order valence-corrected chi connectivity index (χ4v) is 8.82. The third kappa shape index (κ3) is 6.87. The van der Waals surface area contributed by atoms with Crippen molar-refractivity contribution in [1.82, 2.24) is 5.32 Å². The highest BCUT2D eigenvalue weighted by Gasteiger charge is 2.50. The molecule has 0 spiro atoms. The number of benzene rings is 2. The van der Waals surface area contributed by atoms with Gasteiger partial charge in [-0.05, 0) is 29.3 Å². The van der Waals surface area contributed by atoms with Gasteiger partial charge in [0, 0.05) is 13.0 Å². The second kappa shape index (κ2) is 12.2. The van der Waals surface area contributed by atoms with Crippen molar-refractivity contribution < 1.29 is 23.5 Å². The maximum Gasteiger partial charge on any atom is 0.328 e. The van der Waals surface area contributed by atoms with Crippen LogP contribution in [-0.2, 0) is 23.5 Å². The summed E-state index contributed by atoms with van der Waals surface area (Å²) in [5.74, 6) is -2.08. The molecule has 0 heterocycles. The lowest BCUT2D eigenvalue weighted by Crippen LogP contribution is -2.67. The third-order valence-corrected chi connectivity index (χ3v) is 11.2. The molecule has 3 N–H and O–H groups in total. The monoisotopic (exact) mass is 498 g/mol. The summed E-state index contributed by atoms with van der Waals surface area (Å²) in [5, 5.41) is 4.51. The molecule has 0 saturated heterocycles. The van der Waals surface area contributed by atoms with Gasteiger partial charge in [0.1, 0.15) is 11.8 Å². The van der Waals surface area contributed by atoms with Gasteiger partial charge in [0.2, 0.25) is 5.91 Å². The highest BCUT2D eigenvalue weighted by Crippen LogP contribution is 2.37. The van der Waals surface area contributed by atoms with Crippen LogP contribution in [0.4, 0.5) is 0 Å². The minimum absolute atomic E-state index is 0.00542. The summed E-state index contributed by atoms with van der Waals surface area (Å²) in [4.78, 5) is 37.6. The van der Waals surface area contributed by atoms with E-state index in [0.29, 0.717) is 0 Å². The molecule has 0 aliphatic rings. The predicted molar refractivity (Wildman–Crippen MR) is 140 cm³/mol. The van der Waals surface area contributed by atoms with Gasteiger partial charge in [-0.2, -0.15) is 0 Å². The second-order valence-corrected chi connectivity index (χ2v) is 14.2. The Morgan fingerprint density at radius 1 is 0.943 bits per heavy atom. The number of esters is 1. The van der Waals surface area contributed by atoms with Gasteiger partial charge in [-0.25, -0.2) is 4.79 Å². The average molecular weight is 499 g/mol. The molecule has 0 bridgehead atoms. The molecule has 2 aromatic carbocycles. The summed E-state index contributed by atoms with van der Waals surface area (Å²) in [5.41, 5.74) is 5.80. The molecule has 0 aliphatic heterocycles. The van der Waals surface area contributed by atoms with E-state index in [0.717, 1.165) is 10.4 Å². The van der Waals surface area contributed by atoms with Gasteiger partial charge in [-0.3, -0.25) is 9.59 Å². The summed E-state index contributed by atoms with van der Waals surface area (Å²) in [6.07, 6.45) is -0.0877. The number of amides is 1. The van der Waals surface area contributed by atoms with Crippen LogP contribution in [0.25, 0.3) is 0 Å². The van der Waals surface area contributed by atoms with Crippen LogP contribution < -0.4 is 21.4 Å². The summed E-state index contributed by atoms with van der Waals surface area (Å²) < 4.78 is 11.6. The van der Waals surface area contributed by atoms with Crippen molar-refractivity contribution in [2.24, 2.45) is 11.7 Å². The van der Waals surface area contributed by atoms with Crippen LogP contribution in [0.2, 0.25) is 5.04 Å². The molecule has 0 fully saturated rings. The van der Waals surface area contributed by atoms with Gasteiger partial charge < -0.3 is 20.2 Å². The van der Waals surface area contributed by atoms with E-state index in [1.54, 1.807) is 6.92 Å². The number of methoxy groups -OCH3 is 1. The van der Waals surface area contributed by atoms with Gasteiger partial charge in [0.25, 0.3) is 8.32 Å². The number of carbonyl (C=O) groups is 3. The normalized spacial score (nSPS) is 14.5. The topological polar surface area (TPSA) is 108 Å². The minimum atomic E-state index is -2.92. The number of nitrogens with one attached hydrogen (secondary N) is 1. The molecular formula is C27H38N2O5Si. The fraction of sp³-hybridized carbons (Fsp3) is 0.444. The molecule has 8 heteroatoms. The number of nitrogens with two attached hydrogens (primary N) is 1. The van der Waals surface area contributed by atoms with E-state index in [2.05, 4.69) is 50.4 Å². The van der Waals surface area contributed by atoms with Crippen LogP contribution >= 0.6 is 0 Å². The third-order valence-electron chi connectivity index (χ3n) is 6.16. The second-order valence-electron chi connectivity index (χ2n) is 9.88. The first-order valence-corrected chi connectivity index (χ1v) is 13.8. The smallest absolute Gasteiger partial charge is 0.328 e. The SMILES string of the molecule is COC(=O)[C@H](C)NC(=O)[C@H](CO[Si](c1ccccc1)(c1ccccc1)C(C)(C)C)CC(=O)[C@H](C)N. The minimum Gasteiger partial charge on any atom is -0.467 e. The van der Waals surface area contributed by atoms with Crippen LogP contribution in [0, 0.1) is 5.92 Å². The number of rotatable bonds is 11. The predicted octanol–water partition coefficient (Wildman–Crippen LogP) is 2.16. The summed E-state index contributed by atoms with van der Waals surface area (Å²) in [6.45, 7) is 9.56. The summed E-state index contributed by atoms with van der Waals surface area (Å²) in [7, 11) is -1.66. The molecule has 2 aromatic rings. The van der Waals surface area contributed by atoms with E-state index in [1.807, 2.05) is 36.4 Å². The Hall–Kier alpha value is -2.81. The van der Waals surface area contributed by atoms with Crippen molar-refractivity contribution in [3.63, 3.8) is 0 Å². The Morgan fingerprint density at radius 3 is 1.83 bits per heavy atom.